The molecular formula is C24H22IN5OS. The minimum Gasteiger partial charge on any atom is -0.378 e. The molecule has 3 aromatic carbocycles. The highest BCUT2D eigenvalue weighted by molar-refractivity contribution is 14.1. The Morgan fingerprint density at radius 1 is 1.06 bits per heavy atom. The molecule has 4 rings (SSSR count). The fraction of sp³-hybridized carbons (Fsp3) is 0.125. The van der Waals surface area contributed by atoms with E-state index in [-0.39, 0.29) is 11.7 Å². The number of halogens is 1. The second kappa shape index (κ2) is 10.6. The van der Waals surface area contributed by atoms with Crippen LogP contribution >= 0.6 is 34.4 Å². The third-order valence-corrected chi connectivity index (χ3v) is 6.48. The number of carbonyl (C=O) groups excluding carboxylic acids is 1. The number of nitrogens with zero attached hydrogens (tertiary/aromatic N) is 3. The second-order valence-corrected chi connectivity index (χ2v) is 9.21. The standard InChI is InChI=1S/C24H22IN5OS/c1-2-14-30-22(15-26-19-12-10-18(25)11-13-19)28-29-24(30)32-16-23(31)27-21-9-5-7-17-6-3-4-8-20(17)21/h2-13,26H,1,14-16H2,(H,27,31). The minimum absolute atomic E-state index is 0.0851. The van der Waals surface area contributed by atoms with E-state index in [4.69, 9.17) is 0 Å². The Hall–Kier alpha value is -2.85. The van der Waals surface area contributed by atoms with E-state index in [0.29, 0.717) is 18.2 Å². The number of rotatable bonds is 9. The molecule has 0 unspecified atom stereocenters. The average Bonchev–Trinajstić information content (AvgIpc) is 3.19. The van der Waals surface area contributed by atoms with Crippen molar-refractivity contribution in [1.82, 2.24) is 14.8 Å². The molecule has 0 atom stereocenters. The lowest BCUT2D eigenvalue weighted by Gasteiger charge is -2.10. The molecule has 0 aliphatic rings. The zero-order chi connectivity index (χ0) is 22.3. The van der Waals surface area contributed by atoms with Crippen molar-refractivity contribution < 1.29 is 4.79 Å². The van der Waals surface area contributed by atoms with Crippen LogP contribution in [0.2, 0.25) is 0 Å². The van der Waals surface area contributed by atoms with Gasteiger partial charge in [0.05, 0.1) is 12.3 Å². The van der Waals surface area contributed by atoms with Crippen molar-refractivity contribution in [2.45, 2.75) is 18.2 Å². The largest absolute Gasteiger partial charge is 0.378 e. The maximum Gasteiger partial charge on any atom is 0.234 e. The van der Waals surface area contributed by atoms with Gasteiger partial charge in [0.2, 0.25) is 5.91 Å². The molecule has 0 saturated carbocycles. The first-order chi connectivity index (χ1) is 15.6. The summed E-state index contributed by atoms with van der Waals surface area (Å²) in [5.74, 6) is 0.946. The van der Waals surface area contributed by atoms with E-state index >= 15 is 0 Å². The van der Waals surface area contributed by atoms with Crippen LogP contribution < -0.4 is 10.6 Å². The number of allylic oxidation sites excluding steroid dienone is 1. The first-order valence-corrected chi connectivity index (χ1v) is 12.1. The van der Waals surface area contributed by atoms with Gasteiger partial charge in [-0.1, -0.05) is 54.2 Å². The summed E-state index contributed by atoms with van der Waals surface area (Å²) in [5.41, 5.74) is 1.82. The van der Waals surface area contributed by atoms with E-state index in [1.165, 1.54) is 15.3 Å². The molecule has 4 aromatic rings. The molecule has 162 valence electrons. The van der Waals surface area contributed by atoms with Gasteiger partial charge in [-0.2, -0.15) is 0 Å². The van der Waals surface area contributed by atoms with Gasteiger partial charge in [0.1, 0.15) is 0 Å². The zero-order valence-electron chi connectivity index (χ0n) is 17.3. The molecule has 8 heteroatoms. The van der Waals surface area contributed by atoms with Crippen molar-refractivity contribution in [3.8, 4) is 0 Å². The van der Waals surface area contributed by atoms with E-state index in [9.17, 15) is 4.79 Å². The molecule has 6 nitrogen and oxygen atoms in total. The Labute approximate surface area is 204 Å². The molecule has 1 amide bonds. The second-order valence-electron chi connectivity index (χ2n) is 7.02. The smallest absolute Gasteiger partial charge is 0.234 e. The number of amides is 1. The third kappa shape index (κ3) is 5.49. The van der Waals surface area contributed by atoms with Crippen LogP contribution in [0.4, 0.5) is 11.4 Å². The van der Waals surface area contributed by atoms with E-state index in [0.717, 1.165) is 28.0 Å². The van der Waals surface area contributed by atoms with Gasteiger partial charge in [0, 0.05) is 26.9 Å². The van der Waals surface area contributed by atoms with Gasteiger partial charge >= 0.3 is 0 Å². The van der Waals surface area contributed by atoms with Crippen molar-refractivity contribution in [1.29, 1.82) is 0 Å². The monoisotopic (exact) mass is 555 g/mol. The van der Waals surface area contributed by atoms with Crippen molar-refractivity contribution in [2.24, 2.45) is 0 Å². The van der Waals surface area contributed by atoms with Gasteiger partial charge < -0.3 is 15.2 Å². The lowest BCUT2D eigenvalue weighted by molar-refractivity contribution is -0.113. The molecule has 0 saturated heterocycles. The fourth-order valence-corrected chi connectivity index (χ4v) is 4.39. The normalized spacial score (nSPS) is 10.8. The van der Waals surface area contributed by atoms with Crippen LogP contribution in [0.3, 0.4) is 0 Å². The Balaban J connectivity index is 1.40. The van der Waals surface area contributed by atoms with E-state index in [1.807, 2.05) is 71.3 Å². The Morgan fingerprint density at radius 3 is 2.66 bits per heavy atom. The molecular weight excluding hydrogens is 533 g/mol. The van der Waals surface area contributed by atoms with E-state index in [2.05, 4.69) is 50.0 Å². The summed E-state index contributed by atoms with van der Waals surface area (Å²) in [4.78, 5) is 12.6. The fourth-order valence-electron chi connectivity index (χ4n) is 3.27. The van der Waals surface area contributed by atoms with Gasteiger partial charge in [-0.25, -0.2) is 0 Å². The molecule has 0 aliphatic heterocycles. The number of fused-ring (bicyclic) bond motifs is 1. The maximum absolute atomic E-state index is 12.6. The molecule has 1 aromatic heterocycles. The van der Waals surface area contributed by atoms with Gasteiger partial charge in [0.15, 0.2) is 11.0 Å². The van der Waals surface area contributed by atoms with Crippen molar-refractivity contribution in [2.75, 3.05) is 16.4 Å². The van der Waals surface area contributed by atoms with Crippen LogP contribution in [0.15, 0.2) is 84.5 Å². The van der Waals surface area contributed by atoms with Gasteiger partial charge in [-0.05, 0) is 58.3 Å². The number of anilines is 2. The first-order valence-electron chi connectivity index (χ1n) is 10.1. The van der Waals surface area contributed by atoms with Crippen LogP contribution in [0.5, 0.6) is 0 Å². The van der Waals surface area contributed by atoms with Crippen molar-refractivity contribution in [3.05, 3.63) is 88.8 Å². The highest BCUT2D eigenvalue weighted by atomic mass is 127. The summed E-state index contributed by atoms with van der Waals surface area (Å²) >= 11 is 3.65. The Kier molecular flexibility index (Phi) is 7.43. The van der Waals surface area contributed by atoms with Crippen LogP contribution in [-0.2, 0) is 17.9 Å². The highest BCUT2D eigenvalue weighted by Crippen LogP contribution is 2.24. The zero-order valence-corrected chi connectivity index (χ0v) is 20.3. The predicted molar refractivity (Wildman–Crippen MR) is 140 cm³/mol. The average molecular weight is 555 g/mol. The number of hydrogen-bond donors (Lipinski definition) is 2. The van der Waals surface area contributed by atoms with Crippen LogP contribution in [0, 0.1) is 3.57 Å². The topological polar surface area (TPSA) is 71.8 Å². The lowest BCUT2D eigenvalue weighted by Crippen LogP contribution is -2.15. The Bertz CT molecular complexity index is 1230. The predicted octanol–water partition coefficient (Wildman–Crippen LogP) is 5.56. The van der Waals surface area contributed by atoms with E-state index in [1.54, 1.807) is 6.08 Å². The molecule has 0 radical (unpaired) electrons. The quantitative estimate of drug-likeness (QED) is 0.161. The van der Waals surface area contributed by atoms with Gasteiger partial charge in [-0.3, -0.25) is 4.79 Å². The molecule has 0 bridgehead atoms. The summed E-state index contributed by atoms with van der Waals surface area (Å²) in [7, 11) is 0. The number of hydrogen-bond acceptors (Lipinski definition) is 5. The number of aromatic nitrogens is 3. The SMILES string of the molecule is C=CCn1c(CNc2ccc(I)cc2)nnc1SCC(=O)Nc1cccc2ccccc12. The minimum atomic E-state index is -0.0851. The number of thioether (sulfide) groups is 1. The summed E-state index contributed by atoms with van der Waals surface area (Å²) in [5, 5.41) is 17.8. The molecule has 0 spiro atoms. The maximum atomic E-state index is 12.6. The van der Waals surface area contributed by atoms with Gasteiger partial charge in [0.25, 0.3) is 0 Å². The van der Waals surface area contributed by atoms with Crippen molar-refractivity contribution >= 4 is 62.4 Å². The number of benzene rings is 3. The van der Waals surface area contributed by atoms with Crippen LogP contribution in [-0.4, -0.2) is 26.4 Å². The van der Waals surface area contributed by atoms with Crippen molar-refractivity contribution in [3.63, 3.8) is 0 Å². The summed E-state index contributed by atoms with van der Waals surface area (Å²) < 4.78 is 3.16. The van der Waals surface area contributed by atoms with Crippen LogP contribution in [0.1, 0.15) is 5.82 Å². The number of carbonyl (C=O) groups is 1. The molecule has 1 heterocycles. The molecule has 2 N–H and O–H groups in total. The van der Waals surface area contributed by atoms with Gasteiger partial charge in [-0.15, -0.1) is 16.8 Å². The van der Waals surface area contributed by atoms with E-state index < -0.39 is 0 Å². The first kappa shape index (κ1) is 22.3. The Morgan fingerprint density at radius 2 is 1.84 bits per heavy atom. The summed E-state index contributed by atoms with van der Waals surface area (Å²) in [6, 6.07) is 22.0. The van der Waals surface area contributed by atoms with Crippen LogP contribution in [0.25, 0.3) is 10.8 Å². The molecule has 0 fully saturated rings. The summed E-state index contributed by atoms with van der Waals surface area (Å²) in [6.45, 7) is 4.94. The highest BCUT2D eigenvalue weighted by Gasteiger charge is 2.14. The molecule has 0 aliphatic carbocycles. The third-order valence-electron chi connectivity index (χ3n) is 4.80. The lowest BCUT2D eigenvalue weighted by atomic mass is 10.1. The number of nitrogens with one attached hydrogen (secondary N) is 2. The summed E-state index contributed by atoms with van der Waals surface area (Å²) in [6.07, 6.45) is 1.80. The molecule has 32 heavy (non-hydrogen) atoms.